The predicted molar refractivity (Wildman–Crippen MR) is 74.9 cm³/mol. The summed E-state index contributed by atoms with van der Waals surface area (Å²) < 4.78 is 14.5. The van der Waals surface area contributed by atoms with Crippen molar-refractivity contribution >= 4 is 17.3 Å². The van der Waals surface area contributed by atoms with E-state index in [-0.39, 0.29) is 0 Å². The van der Waals surface area contributed by atoms with E-state index in [0.717, 1.165) is 25.1 Å². The maximum absolute atomic E-state index is 5.80. The summed E-state index contributed by atoms with van der Waals surface area (Å²) in [5.41, 5.74) is 2.14. The van der Waals surface area contributed by atoms with Crippen molar-refractivity contribution in [2.45, 2.75) is 39.7 Å². The number of nitrogens with one attached hydrogen (secondary N) is 1. The Morgan fingerprint density at radius 2 is 2.39 bits per heavy atom. The molecule has 1 aromatic heterocycles. The van der Waals surface area contributed by atoms with Gasteiger partial charge in [0.25, 0.3) is 5.88 Å². The summed E-state index contributed by atoms with van der Waals surface area (Å²) in [6.07, 6.45) is 4.41. The minimum absolute atomic E-state index is 0.327. The number of rotatable bonds is 5. The molecule has 0 fully saturated rings. The van der Waals surface area contributed by atoms with E-state index in [2.05, 4.69) is 40.9 Å². The van der Waals surface area contributed by atoms with E-state index in [1.165, 1.54) is 17.3 Å². The zero-order chi connectivity index (χ0) is 13.0. The maximum atomic E-state index is 5.80. The smallest absolute Gasteiger partial charge is 0.253 e. The molecule has 0 saturated carbocycles. The Bertz CT molecular complexity index is 416. The molecular weight excluding hydrogens is 246 g/mol. The third kappa shape index (κ3) is 3.09. The van der Waals surface area contributed by atoms with Crippen molar-refractivity contribution < 1.29 is 4.74 Å². The molecule has 18 heavy (non-hydrogen) atoms. The Morgan fingerprint density at radius 3 is 3.11 bits per heavy atom. The molecule has 2 atom stereocenters. The molecule has 0 spiro atoms. The van der Waals surface area contributed by atoms with Crippen molar-refractivity contribution in [3.8, 4) is 5.88 Å². The molecule has 2 heterocycles. The molecule has 0 bridgehead atoms. The van der Waals surface area contributed by atoms with Crippen LogP contribution in [-0.4, -0.2) is 27.9 Å². The van der Waals surface area contributed by atoms with Gasteiger partial charge < -0.3 is 10.1 Å². The van der Waals surface area contributed by atoms with E-state index in [4.69, 9.17) is 4.74 Å². The molecule has 0 aliphatic carbocycles. The molecule has 2 rings (SSSR count). The second-order valence-electron chi connectivity index (χ2n) is 4.87. The molecule has 4 nitrogen and oxygen atoms in total. The lowest BCUT2D eigenvalue weighted by Crippen LogP contribution is -2.31. The van der Waals surface area contributed by atoms with Crippen LogP contribution in [0.2, 0.25) is 0 Å². The van der Waals surface area contributed by atoms with Crippen LogP contribution in [-0.2, 0) is 0 Å². The highest BCUT2D eigenvalue weighted by molar-refractivity contribution is 6.99. The van der Waals surface area contributed by atoms with Gasteiger partial charge in [-0.1, -0.05) is 26.3 Å². The molecule has 0 amide bonds. The highest BCUT2D eigenvalue weighted by Crippen LogP contribution is 2.28. The van der Waals surface area contributed by atoms with Gasteiger partial charge in [0.15, 0.2) is 0 Å². The highest BCUT2D eigenvalue weighted by atomic mass is 32.1. The first-order chi connectivity index (χ1) is 8.72. The van der Waals surface area contributed by atoms with Gasteiger partial charge in [-0.15, -0.1) is 4.37 Å². The average molecular weight is 267 g/mol. The monoisotopic (exact) mass is 267 g/mol. The first kappa shape index (κ1) is 13.5. The lowest BCUT2D eigenvalue weighted by atomic mass is 10.0. The molecule has 2 unspecified atom stereocenters. The molecule has 1 aliphatic heterocycles. The molecule has 0 radical (unpaired) electrons. The van der Waals surface area contributed by atoms with E-state index in [0.29, 0.717) is 24.4 Å². The van der Waals surface area contributed by atoms with Crippen LogP contribution in [0.4, 0.5) is 0 Å². The van der Waals surface area contributed by atoms with Gasteiger partial charge in [-0.2, -0.15) is 4.37 Å². The molecule has 0 aromatic carbocycles. The standard InChI is InChI=1S/C13H21N3OS/c1-4-9(2)8-17-13-12(15-18-16-13)11-6-5-7-14-10(11)3/h6,9-10,14H,4-5,7-8H2,1-3H3. The van der Waals surface area contributed by atoms with Crippen LogP contribution < -0.4 is 10.1 Å². The predicted octanol–water partition coefficient (Wildman–Crippen LogP) is 2.73. The van der Waals surface area contributed by atoms with Crippen LogP contribution in [0.3, 0.4) is 0 Å². The van der Waals surface area contributed by atoms with Crippen LogP contribution in [0.5, 0.6) is 5.88 Å². The minimum atomic E-state index is 0.327. The van der Waals surface area contributed by atoms with Gasteiger partial charge in [0, 0.05) is 6.04 Å². The zero-order valence-corrected chi connectivity index (χ0v) is 12.1. The van der Waals surface area contributed by atoms with E-state index >= 15 is 0 Å². The third-order valence-corrected chi connectivity index (χ3v) is 3.87. The van der Waals surface area contributed by atoms with Gasteiger partial charge in [0.05, 0.1) is 18.3 Å². The lowest BCUT2D eigenvalue weighted by molar-refractivity contribution is 0.249. The molecule has 5 heteroatoms. The Morgan fingerprint density at radius 1 is 1.56 bits per heavy atom. The van der Waals surface area contributed by atoms with Crippen molar-refractivity contribution in [2.75, 3.05) is 13.2 Å². The van der Waals surface area contributed by atoms with Crippen molar-refractivity contribution in [3.05, 3.63) is 11.8 Å². The number of aromatic nitrogens is 2. The van der Waals surface area contributed by atoms with Crippen molar-refractivity contribution in [1.82, 2.24) is 14.1 Å². The van der Waals surface area contributed by atoms with Crippen molar-refractivity contribution in [1.29, 1.82) is 0 Å². The summed E-state index contributed by atoms with van der Waals surface area (Å²) in [6.45, 7) is 8.26. The van der Waals surface area contributed by atoms with E-state index in [1.807, 2.05) is 0 Å². The fourth-order valence-electron chi connectivity index (χ4n) is 1.91. The maximum Gasteiger partial charge on any atom is 0.253 e. The first-order valence-corrected chi connectivity index (χ1v) is 7.34. The Labute approximate surface area is 113 Å². The van der Waals surface area contributed by atoms with Gasteiger partial charge >= 0.3 is 0 Å². The quantitative estimate of drug-likeness (QED) is 0.891. The second kappa shape index (κ2) is 6.29. The summed E-state index contributed by atoms with van der Waals surface area (Å²) in [4.78, 5) is 0. The Hall–Kier alpha value is -0.940. The Balaban J connectivity index is 2.09. The highest BCUT2D eigenvalue weighted by Gasteiger charge is 2.21. The summed E-state index contributed by atoms with van der Waals surface area (Å²) in [6, 6.07) is 0.327. The Kier molecular flexibility index (Phi) is 4.72. The lowest BCUT2D eigenvalue weighted by Gasteiger charge is -2.21. The number of hydrogen-bond acceptors (Lipinski definition) is 5. The van der Waals surface area contributed by atoms with Gasteiger partial charge in [-0.05, 0) is 31.4 Å². The van der Waals surface area contributed by atoms with Crippen LogP contribution >= 0.6 is 11.7 Å². The molecule has 0 saturated heterocycles. The summed E-state index contributed by atoms with van der Waals surface area (Å²) in [5.74, 6) is 1.25. The fourth-order valence-corrected chi connectivity index (χ4v) is 2.43. The second-order valence-corrected chi connectivity index (χ2v) is 5.39. The van der Waals surface area contributed by atoms with Gasteiger partial charge in [-0.3, -0.25) is 0 Å². The SMILES string of the molecule is CCC(C)COc1nsnc1C1=CCCNC1C. The van der Waals surface area contributed by atoms with E-state index in [9.17, 15) is 0 Å². The van der Waals surface area contributed by atoms with Gasteiger partial charge in [0.2, 0.25) is 0 Å². The molecule has 1 aliphatic rings. The first-order valence-electron chi connectivity index (χ1n) is 6.61. The van der Waals surface area contributed by atoms with Crippen molar-refractivity contribution in [2.24, 2.45) is 5.92 Å². The van der Waals surface area contributed by atoms with Gasteiger partial charge in [0.1, 0.15) is 5.69 Å². The fraction of sp³-hybridized carbons (Fsp3) is 0.692. The summed E-state index contributed by atoms with van der Waals surface area (Å²) >= 11 is 1.23. The van der Waals surface area contributed by atoms with E-state index in [1.54, 1.807) is 0 Å². The number of nitrogens with zero attached hydrogens (tertiary/aromatic N) is 2. The van der Waals surface area contributed by atoms with Crippen LogP contribution in [0.15, 0.2) is 6.08 Å². The third-order valence-electron chi connectivity index (χ3n) is 3.36. The molecule has 100 valence electrons. The average Bonchev–Trinajstić information content (AvgIpc) is 2.84. The van der Waals surface area contributed by atoms with Gasteiger partial charge in [-0.25, -0.2) is 0 Å². The minimum Gasteiger partial charge on any atom is -0.475 e. The number of ether oxygens (including phenoxy) is 1. The topological polar surface area (TPSA) is 47.0 Å². The zero-order valence-electron chi connectivity index (χ0n) is 11.3. The van der Waals surface area contributed by atoms with E-state index < -0.39 is 0 Å². The van der Waals surface area contributed by atoms with Crippen LogP contribution in [0.1, 0.15) is 39.3 Å². The van der Waals surface area contributed by atoms with Crippen LogP contribution in [0, 0.1) is 5.92 Å². The number of hydrogen-bond donors (Lipinski definition) is 1. The summed E-state index contributed by atoms with van der Waals surface area (Å²) in [7, 11) is 0. The molecule has 1 N–H and O–H groups in total. The molecule has 1 aromatic rings. The largest absolute Gasteiger partial charge is 0.475 e. The normalized spacial score (nSPS) is 21.5. The summed E-state index contributed by atoms with van der Waals surface area (Å²) in [5, 5.41) is 3.44. The molecular formula is C13H21N3OS. The van der Waals surface area contributed by atoms with Crippen LogP contribution in [0.25, 0.3) is 5.57 Å². The van der Waals surface area contributed by atoms with Crippen molar-refractivity contribution in [3.63, 3.8) is 0 Å².